The molecule has 0 atom stereocenters. The zero-order valence-corrected chi connectivity index (χ0v) is 10.7. The number of rotatable bonds is 2. The van der Waals surface area contributed by atoms with Crippen LogP contribution in [0.25, 0.3) is 0 Å². The molecule has 1 aromatic carbocycles. The van der Waals surface area contributed by atoms with Crippen molar-refractivity contribution in [1.29, 1.82) is 0 Å². The lowest BCUT2D eigenvalue weighted by molar-refractivity contribution is 0.0994. The fourth-order valence-corrected chi connectivity index (χ4v) is 3.16. The second-order valence-electron chi connectivity index (χ2n) is 6.13. The Labute approximate surface area is 107 Å². The van der Waals surface area contributed by atoms with E-state index >= 15 is 0 Å². The highest BCUT2D eigenvalue weighted by atomic mass is 16.5. The van der Waals surface area contributed by atoms with E-state index in [4.69, 9.17) is 15.2 Å². The smallest absolute Gasteiger partial charge is 0.129 e. The first-order valence-corrected chi connectivity index (χ1v) is 6.87. The summed E-state index contributed by atoms with van der Waals surface area (Å²) in [5.41, 5.74) is 8.66. The van der Waals surface area contributed by atoms with Gasteiger partial charge in [0.2, 0.25) is 0 Å². The molecule has 1 spiro atoms. The average molecular weight is 245 g/mol. The molecular weight excluding hydrogens is 226 g/mol. The van der Waals surface area contributed by atoms with E-state index in [1.165, 1.54) is 24.0 Å². The molecule has 0 aromatic heterocycles. The number of fused-ring (bicyclic) bond motifs is 2. The largest absolute Gasteiger partial charge is 0.492 e. The van der Waals surface area contributed by atoms with Gasteiger partial charge in [-0.2, -0.15) is 0 Å². The summed E-state index contributed by atoms with van der Waals surface area (Å²) in [4.78, 5) is 0. The minimum atomic E-state index is 0.280. The van der Waals surface area contributed by atoms with Crippen LogP contribution in [0.2, 0.25) is 0 Å². The fraction of sp³-hybridized carbons (Fsp3) is 0.600. The maximum atomic E-state index is 6.13. The van der Waals surface area contributed by atoms with Crippen LogP contribution in [0, 0.1) is 6.92 Å². The highest BCUT2D eigenvalue weighted by Crippen LogP contribution is 2.59. The van der Waals surface area contributed by atoms with Gasteiger partial charge in [-0.15, -0.1) is 0 Å². The van der Waals surface area contributed by atoms with E-state index in [0.29, 0.717) is 12.1 Å². The zero-order chi connectivity index (χ0) is 12.3. The van der Waals surface area contributed by atoms with Crippen LogP contribution in [-0.4, -0.2) is 18.8 Å². The molecule has 96 valence electrons. The Morgan fingerprint density at radius 2 is 2.11 bits per heavy atom. The Hall–Kier alpha value is -1.22. The van der Waals surface area contributed by atoms with Gasteiger partial charge < -0.3 is 15.2 Å². The molecule has 18 heavy (non-hydrogen) atoms. The number of aryl methyl sites for hydroxylation is 1. The van der Waals surface area contributed by atoms with Crippen molar-refractivity contribution in [3.05, 3.63) is 23.3 Å². The van der Waals surface area contributed by atoms with Crippen molar-refractivity contribution in [1.82, 2.24) is 0 Å². The summed E-state index contributed by atoms with van der Waals surface area (Å²) in [6.07, 6.45) is 4.75. The zero-order valence-electron chi connectivity index (χ0n) is 10.7. The van der Waals surface area contributed by atoms with E-state index in [-0.39, 0.29) is 5.41 Å². The maximum absolute atomic E-state index is 6.13. The van der Waals surface area contributed by atoms with Gasteiger partial charge in [-0.1, -0.05) is 6.07 Å². The highest BCUT2D eigenvalue weighted by Gasteiger charge is 2.53. The number of hydrogen-bond donors (Lipinski definition) is 1. The number of hydrogen-bond acceptors (Lipinski definition) is 3. The first-order chi connectivity index (χ1) is 8.68. The fourth-order valence-electron chi connectivity index (χ4n) is 3.16. The molecule has 0 bridgehead atoms. The monoisotopic (exact) mass is 245 g/mol. The lowest BCUT2D eigenvalue weighted by Crippen LogP contribution is -2.43. The Balaban J connectivity index is 1.69. The van der Waals surface area contributed by atoms with Gasteiger partial charge in [-0.3, -0.25) is 0 Å². The number of benzene rings is 1. The molecule has 3 aliphatic rings. The van der Waals surface area contributed by atoms with Crippen LogP contribution in [0.1, 0.15) is 36.8 Å². The van der Waals surface area contributed by atoms with Gasteiger partial charge in [-0.25, -0.2) is 0 Å². The molecule has 1 aromatic rings. The predicted octanol–water partition coefficient (Wildman–Crippen LogP) is 2.29. The first kappa shape index (κ1) is 10.7. The van der Waals surface area contributed by atoms with Crippen molar-refractivity contribution >= 4 is 0 Å². The summed E-state index contributed by atoms with van der Waals surface area (Å²) in [6.45, 7) is 2.96. The summed E-state index contributed by atoms with van der Waals surface area (Å²) in [7, 11) is 0. The third kappa shape index (κ3) is 1.40. The Bertz CT molecular complexity index is 501. The Kier molecular flexibility index (Phi) is 2.03. The van der Waals surface area contributed by atoms with Crippen molar-refractivity contribution in [2.75, 3.05) is 6.61 Å². The quantitative estimate of drug-likeness (QED) is 0.869. The molecular formula is C15H19NO2. The minimum absolute atomic E-state index is 0.280. The lowest BCUT2D eigenvalue weighted by Gasteiger charge is -2.33. The molecule has 0 radical (unpaired) electrons. The molecule has 2 aliphatic carbocycles. The van der Waals surface area contributed by atoms with E-state index in [1.54, 1.807) is 0 Å². The summed E-state index contributed by atoms with van der Waals surface area (Å²) < 4.78 is 12.0. The average Bonchev–Trinajstić information content (AvgIpc) is 2.96. The molecule has 2 N–H and O–H groups in total. The Morgan fingerprint density at radius 1 is 1.33 bits per heavy atom. The van der Waals surface area contributed by atoms with Crippen LogP contribution in [-0.2, 0) is 5.41 Å². The second kappa shape index (κ2) is 3.41. The van der Waals surface area contributed by atoms with Gasteiger partial charge in [0.25, 0.3) is 0 Å². The molecule has 2 saturated carbocycles. The molecule has 3 heteroatoms. The van der Waals surface area contributed by atoms with E-state index in [9.17, 15) is 0 Å². The van der Waals surface area contributed by atoms with E-state index < -0.39 is 0 Å². The molecule has 0 saturated heterocycles. The number of nitrogens with two attached hydrogens (primary N) is 1. The van der Waals surface area contributed by atoms with Crippen LogP contribution < -0.4 is 15.2 Å². The second-order valence-corrected chi connectivity index (χ2v) is 6.13. The predicted molar refractivity (Wildman–Crippen MR) is 69.2 cm³/mol. The number of ether oxygens (including phenoxy) is 2. The normalized spacial score (nSPS) is 30.6. The molecule has 3 nitrogen and oxygen atoms in total. The molecule has 1 heterocycles. The van der Waals surface area contributed by atoms with Crippen LogP contribution in [0.15, 0.2) is 12.1 Å². The van der Waals surface area contributed by atoms with Crippen molar-refractivity contribution < 1.29 is 9.47 Å². The van der Waals surface area contributed by atoms with Crippen LogP contribution >= 0.6 is 0 Å². The topological polar surface area (TPSA) is 44.5 Å². The first-order valence-electron chi connectivity index (χ1n) is 6.87. The highest BCUT2D eigenvalue weighted by molar-refractivity contribution is 5.58. The third-order valence-electron chi connectivity index (χ3n) is 4.62. The van der Waals surface area contributed by atoms with E-state index in [0.717, 1.165) is 30.9 Å². The summed E-state index contributed by atoms with van der Waals surface area (Å²) in [5.74, 6) is 2.12. The SMILES string of the molecule is Cc1ccc(O[C@H]2C[C@H](N)C2)c2c1OCC21CC1. The van der Waals surface area contributed by atoms with E-state index in [2.05, 4.69) is 19.1 Å². The van der Waals surface area contributed by atoms with Gasteiger partial charge in [0, 0.05) is 17.0 Å². The molecule has 0 amide bonds. The van der Waals surface area contributed by atoms with Crippen LogP contribution in [0.4, 0.5) is 0 Å². The maximum Gasteiger partial charge on any atom is 0.129 e. The Morgan fingerprint density at radius 3 is 2.78 bits per heavy atom. The van der Waals surface area contributed by atoms with Gasteiger partial charge in [0.05, 0.1) is 6.61 Å². The van der Waals surface area contributed by atoms with Crippen LogP contribution in [0.5, 0.6) is 11.5 Å². The van der Waals surface area contributed by atoms with E-state index in [1.807, 2.05) is 0 Å². The summed E-state index contributed by atoms with van der Waals surface area (Å²) in [5, 5.41) is 0. The van der Waals surface area contributed by atoms with Gasteiger partial charge in [0.15, 0.2) is 0 Å². The van der Waals surface area contributed by atoms with Crippen LogP contribution in [0.3, 0.4) is 0 Å². The van der Waals surface area contributed by atoms with Gasteiger partial charge in [0.1, 0.15) is 17.6 Å². The molecule has 1 aliphatic heterocycles. The van der Waals surface area contributed by atoms with Gasteiger partial charge >= 0.3 is 0 Å². The van der Waals surface area contributed by atoms with Crippen molar-refractivity contribution in [3.8, 4) is 11.5 Å². The molecule has 2 fully saturated rings. The molecule has 4 rings (SSSR count). The summed E-state index contributed by atoms with van der Waals surface area (Å²) >= 11 is 0. The standard InChI is InChI=1S/C15H19NO2/c1-9-2-3-12(18-11-6-10(16)7-11)13-14(9)17-8-15(13)4-5-15/h2-3,10-11H,4-8,16H2,1H3/t10-,11-. The van der Waals surface area contributed by atoms with Crippen molar-refractivity contribution in [2.24, 2.45) is 5.73 Å². The van der Waals surface area contributed by atoms with Crippen molar-refractivity contribution in [2.45, 2.75) is 50.2 Å². The third-order valence-corrected chi connectivity index (χ3v) is 4.62. The lowest BCUT2D eigenvalue weighted by atomic mass is 9.89. The molecule has 0 unspecified atom stereocenters. The van der Waals surface area contributed by atoms with Crippen molar-refractivity contribution in [3.63, 3.8) is 0 Å². The minimum Gasteiger partial charge on any atom is -0.492 e. The summed E-state index contributed by atoms with van der Waals surface area (Å²) in [6, 6.07) is 4.56. The van der Waals surface area contributed by atoms with Gasteiger partial charge in [-0.05, 0) is 44.2 Å².